The molecule has 2 heteroatoms. The maximum atomic E-state index is 5.88. The summed E-state index contributed by atoms with van der Waals surface area (Å²) in [5.74, 6) is 0. The minimum Gasteiger partial charge on any atom is -0.373 e. The second-order valence-corrected chi connectivity index (χ2v) is 4.70. The monoisotopic (exact) mass is 233 g/mol. The Morgan fingerprint density at radius 1 is 1.29 bits per heavy atom. The largest absolute Gasteiger partial charge is 0.373 e. The molecular weight excluding hydrogens is 210 g/mol. The van der Waals surface area contributed by atoms with Crippen LogP contribution in [0.1, 0.15) is 43.4 Å². The lowest BCUT2D eigenvalue weighted by Crippen LogP contribution is -2.19. The molecule has 1 unspecified atom stereocenters. The molecule has 0 spiro atoms. The fourth-order valence-corrected chi connectivity index (χ4v) is 2.43. The fraction of sp³-hybridized carbons (Fsp3) is 0.600. The summed E-state index contributed by atoms with van der Waals surface area (Å²) >= 11 is 0. The highest BCUT2D eigenvalue weighted by Gasteiger charge is 2.19. The molecule has 0 saturated heterocycles. The molecule has 0 fully saturated rings. The molecule has 2 nitrogen and oxygen atoms in total. The number of rotatable bonds is 6. The van der Waals surface area contributed by atoms with Crippen LogP contribution in [0, 0.1) is 0 Å². The molecule has 1 N–H and O–H groups in total. The van der Waals surface area contributed by atoms with Crippen molar-refractivity contribution >= 4 is 0 Å². The molecule has 1 heterocycles. The molecule has 17 heavy (non-hydrogen) atoms. The fourth-order valence-electron chi connectivity index (χ4n) is 2.43. The van der Waals surface area contributed by atoms with Gasteiger partial charge in [0.05, 0.1) is 12.7 Å². The number of hydrogen-bond acceptors (Lipinski definition) is 2. The smallest absolute Gasteiger partial charge is 0.0828 e. The second-order valence-electron chi connectivity index (χ2n) is 4.70. The van der Waals surface area contributed by atoms with E-state index in [9.17, 15) is 0 Å². The Hall–Kier alpha value is -0.860. The summed E-state index contributed by atoms with van der Waals surface area (Å²) in [4.78, 5) is 0. The zero-order valence-corrected chi connectivity index (χ0v) is 10.7. The number of benzene rings is 1. The molecule has 0 aliphatic carbocycles. The first-order valence-corrected chi connectivity index (χ1v) is 6.82. The third-order valence-corrected chi connectivity index (χ3v) is 3.34. The summed E-state index contributed by atoms with van der Waals surface area (Å²) < 4.78 is 5.88. The average molecular weight is 233 g/mol. The van der Waals surface area contributed by atoms with Gasteiger partial charge in [0.1, 0.15) is 0 Å². The normalized spacial score (nSPS) is 19.0. The van der Waals surface area contributed by atoms with Crippen LogP contribution in [0.15, 0.2) is 24.3 Å². The lowest BCUT2D eigenvalue weighted by atomic mass is 9.95. The van der Waals surface area contributed by atoms with Crippen LogP contribution in [-0.2, 0) is 11.2 Å². The van der Waals surface area contributed by atoms with Crippen molar-refractivity contribution in [3.63, 3.8) is 0 Å². The minimum atomic E-state index is 0.323. The summed E-state index contributed by atoms with van der Waals surface area (Å²) in [5.41, 5.74) is 2.89. The van der Waals surface area contributed by atoms with Crippen molar-refractivity contribution in [2.75, 3.05) is 19.7 Å². The molecule has 2 rings (SSSR count). The third-order valence-electron chi connectivity index (χ3n) is 3.34. The first-order valence-electron chi connectivity index (χ1n) is 6.82. The molecule has 0 aromatic heterocycles. The van der Waals surface area contributed by atoms with E-state index < -0.39 is 0 Å². The Bertz CT molecular complexity index is 337. The second kappa shape index (κ2) is 6.77. The zero-order valence-electron chi connectivity index (χ0n) is 10.7. The zero-order chi connectivity index (χ0) is 11.9. The van der Waals surface area contributed by atoms with Gasteiger partial charge in [0.2, 0.25) is 0 Å². The highest BCUT2D eigenvalue weighted by Crippen LogP contribution is 2.30. The Morgan fingerprint density at radius 3 is 3.06 bits per heavy atom. The van der Waals surface area contributed by atoms with Crippen molar-refractivity contribution in [3.05, 3.63) is 35.4 Å². The van der Waals surface area contributed by atoms with E-state index in [4.69, 9.17) is 4.74 Å². The van der Waals surface area contributed by atoms with E-state index in [1.807, 2.05) is 0 Å². The molecule has 0 radical (unpaired) electrons. The van der Waals surface area contributed by atoms with Gasteiger partial charge in [-0.3, -0.25) is 0 Å². The van der Waals surface area contributed by atoms with Crippen molar-refractivity contribution in [2.45, 2.75) is 38.7 Å². The van der Waals surface area contributed by atoms with Crippen molar-refractivity contribution < 1.29 is 4.74 Å². The SMILES string of the molecule is CCCNCCCC1OCCc2ccccc21. The van der Waals surface area contributed by atoms with Crippen LogP contribution in [0.4, 0.5) is 0 Å². The first kappa shape index (κ1) is 12.6. The number of nitrogens with one attached hydrogen (secondary N) is 1. The summed E-state index contributed by atoms with van der Waals surface area (Å²) in [6.07, 6.45) is 4.93. The average Bonchev–Trinajstić information content (AvgIpc) is 2.39. The molecule has 1 aliphatic heterocycles. The third kappa shape index (κ3) is 3.55. The van der Waals surface area contributed by atoms with Crippen molar-refractivity contribution in [1.82, 2.24) is 5.32 Å². The van der Waals surface area contributed by atoms with Crippen molar-refractivity contribution in [3.8, 4) is 0 Å². The Labute approximate surface area is 104 Å². The summed E-state index contributed by atoms with van der Waals surface area (Å²) in [7, 11) is 0. The van der Waals surface area contributed by atoms with Crippen LogP contribution in [0.25, 0.3) is 0 Å². The van der Waals surface area contributed by atoms with Crippen molar-refractivity contribution in [1.29, 1.82) is 0 Å². The quantitative estimate of drug-likeness (QED) is 0.762. The maximum Gasteiger partial charge on any atom is 0.0828 e. The highest BCUT2D eigenvalue weighted by molar-refractivity contribution is 5.30. The molecule has 1 aromatic rings. The Balaban J connectivity index is 1.82. The van der Waals surface area contributed by atoms with E-state index in [0.29, 0.717) is 6.10 Å². The van der Waals surface area contributed by atoms with E-state index in [-0.39, 0.29) is 0 Å². The van der Waals surface area contributed by atoms with Gasteiger partial charge in [0, 0.05) is 0 Å². The molecule has 1 atom stereocenters. The summed E-state index contributed by atoms with van der Waals surface area (Å²) in [6.45, 7) is 5.32. The van der Waals surface area contributed by atoms with Gasteiger partial charge in [-0.1, -0.05) is 31.2 Å². The van der Waals surface area contributed by atoms with Gasteiger partial charge in [0.15, 0.2) is 0 Å². The minimum absolute atomic E-state index is 0.323. The van der Waals surface area contributed by atoms with Crippen LogP contribution in [-0.4, -0.2) is 19.7 Å². The number of fused-ring (bicyclic) bond motifs is 1. The van der Waals surface area contributed by atoms with Gasteiger partial charge in [-0.15, -0.1) is 0 Å². The van der Waals surface area contributed by atoms with Crippen LogP contribution < -0.4 is 5.32 Å². The molecule has 1 aliphatic rings. The molecular formula is C15H23NO. The summed E-state index contributed by atoms with van der Waals surface area (Å²) in [5, 5.41) is 3.44. The highest BCUT2D eigenvalue weighted by atomic mass is 16.5. The Morgan fingerprint density at radius 2 is 2.18 bits per heavy atom. The lowest BCUT2D eigenvalue weighted by Gasteiger charge is -2.26. The first-order chi connectivity index (χ1) is 8.42. The van der Waals surface area contributed by atoms with E-state index in [1.54, 1.807) is 0 Å². The van der Waals surface area contributed by atoms with E-state index in [0.717, 1.165) is 32.5 Å². The number of hydrogen-bond donors (Lipinski definition) is 1. The van der Waals surface area contributed by atoms with Crippen LogP contribution in [0.5, 0.6) is 0 Å². The van der Waals surface area contributed by atoms with E-state index in [2.05, 4.69) is 36.5 Å². The van der Waals surface area contributed by atoms with E-state index >= 15 is 0 Å². The van der Waals surface area contributed by atoms with E-state index in [1.165, 1.54) is 24.0 Å². The molecule has 0 saturated carbocycles. The molecule has 1 aromatic carbocycles. The lowest BCUT2D eigenvalue weighted by molar-refractivity contribution is 0.0353. The topological polar surface area (TPSA) is 21.3 Å². The predicted molar refractivity (Wildman–Crippen MR) is 71.2 cm³/mol. The van der Waals surface area contributed by atoms with Crippen LogP contribution >= 0.6 is 0 Å². The van der Waals surface area contributed by atoms with Crippen LogP contribution in [0.3, 0.4) is 0 Å². The molecule has 0 bridgehead atoms. The molecule has 0 amide bonds. The standard InChI is InChI=1S/C15H23NO/c1-2-10-16-11-5-8-15-14-7-4-3-6-13(14)9-12-17-15/h3-4,6-7,15-16H,2,5,8-12H2,1H3. The predicted octanol–water partition coefficient (Wildman–Crippen LogP) is 3.08. The van der Waals surface area contributed by atoms with Gasteiger partial charge in [-0.05, 0) is 49.9 Å². The molecule has 94 valence electrons. The Kier molecular flexibility index (Phi) is 5.02. The number of ether oxygens (including phenoxy) is 1. The van der Waals surface area contributed by atoms with Crippen LogP contribution in [0.2, 0.25) is 0 Å². The summed E-state index contributed by atoms with van der Waals surface area (Å²) in [6, 6.07) is 8.71. The van der Waals surface area contributed by atoms with Crippen molar-refractivity contribution in [2.24, 2.45) is 0 Å². The van der Waals surface area contributed by atoms with Gasteiger partial charge in [-0.2, -0.15) is 0 Å². The van der Waals surface area contributed by atoms with Gasteiger partial charge < -0.3 is 10.1 Å². The van der Waals surface area contributed by atoms with Gasteiger partial charge >= 0.3 is 0 Å². The van der Waals surface area contributed by atoms with Gasteiger partial charge in [-0.25, -0.2) is 0 Å². The van der Waals surface area contributed by atoms with Gasteiger partial charge in [0.25, 0.3) is 0 Å². The maximum absolute atomic E-state index is 5.88.